The fourth-order valence-corrected chi connectivity index (χ4v) is 3.59. The van der Waals surface area contributed by atoms with Gasteiger partial charge >= 0.3 is 0 Å². The van der Waals surface area contributed by atoms with Crippen LogP contribution in [0.1, 0.15) is 33.5 Å². The fraction of sp³-hybridized carbons (Fsp3) is 0.227. The number of halogens is 1. The molecule has 0 aliphatic carbocycles. The van der Waals surface area contributed by atoms with E-state index >= 15 is 0 Å². The van der Waals surface area contributed by atoms with Gasteiger partial charge in [0, 0.05) is 31.3 Å². The van der Waals surface area contributed by atoms with Gasteiger partial charge in [-0.15, -0.1) is 10.2 Å². The third kappa shape index (κ3) is 6.01. The minimum atomic E-state index is -0.575. The number of rotatable bonds is 9. The molecule has 1 heterocycles. The predicted molar refractivity (Wildman–Crippen MR) is 119 cm³/mol. The van der Waals surface area contributed by atoms with Crippen molar-refractivity contribution >= 4 is 35.0 Å². The summed E-state index contributed by atoms with van der Waals surface area (Å²) >= 11 is 1.22. The number of ketones is 1. The highest BCUT2D eigenvalue weighted by Gasteiger charge is 2.14. The van der Waals surface area contributed by atoms with E-state index in [9.17, 15) is 18.8 Å². The van der Waals surface area contributed by atoms with Gasteiger partial charge in [0.05, 0.1) is 11.3 Å². The number of carbonyl (C=O) groups is 3. The van der Waals surface area contributed by atoms with E-state index in [0.717, 1.165) is 0 Å². The molecule has 0 bridgehead atoms. The summed E-state index contributed by atoms with van der Waals surface area (Å²) in [7, 11) is 1.77. The first-order chi connectivity index (χ1) is 15.3. The molecule has 0 fully saturated rings. The average Bonchev–Trinajstić information content (AvgIpc) is 3.12. The first-order valence-corrected chi connectivity index (χ1v) is 10.8. The Balaban J connectivity index is 1.49. The number of nitrogens with zero attached hydrogens (tertiary/aromatic N) is 3. The van der Waals surface area contributed by atoms with E-state index in [0.29, 0.717) is 28.7 Å². The maximum absolute atomic E-state index is 13.7. The Bertz CT molecular complexity index is 1150. The van der Waals surface area contributed by atoms with Gasteiger partial charge in [-0.3, -0.25) is 14.4 Å². The van der Waals surface area contributed by atoms with E-state index < -0.39 is 11.7 Å². The first kappa shape index (κ1) is 23.1. The van der Waals surface area contributed by atoms with Crippen LogP contribution in [0.15, 0.2) is 53.7 Å². The Hall–Kier alpha value is -3.53. The molecule has 3 rings (SSSR count). The van der Waals surface area contributed by atoms with Crippen molar-refractivity contribution in [2.75, 3.05) is 17.6 Å². The zero-order valence-corrected chi connectivity index (χ0v) is 18.4. The largest absolute Gasteiger partial charge is 0.351 e. The fourth-order valence-electron chi connectivity index (χ4n) is 2.86. The molecule has 1 aromatic heterocycles. The van der Waals surface area contributed by atoms with E-state index in [4.69, 9.17) is 0 Å². The second-order valence-corrected chi connectivity index (χ2v) is 7.86. The van der Waals surface area contributed by atoms with Gasteiger partial charge in [0.2, 0.25) is 5.91 Å². The number of anilines is 1. The molecule has 2 aromatic carbocycles. The lowest BCUT2D eigenvalue weighted by Crippen LogP contribution is -2.27. The number of thioether (sulfide) groups is 1. The first-order valence-electron chi connectivity index (χ1n) is 9.80. The van der Waals surface area contributed by atoms with Crippen molar-refractivity contribution in [2.45, 2.75) is 18.5 Å². The minimum absolute atomic E-state index is 0.0124. The lowest BCUT2D eigenvalue weighted by molar-refractivity contribution is -0.113. The number of hydrogen-bond acceptors (Lipinski definition) is 6. The number of hydrogen-bond donors (Lipinski definition) is 2. The molecule has 0 radical (unpaired) electrons. The Morgan fingerprint density at radius 2 is 1.88 bits per heavy atom. The normalized spacial score (nSPS) is 10.6. The molecule has 2 amide bonds. The molecule has 166 valence electrons. The molecule has 0 atom stereocenters. The Kier molecular flexibility index (Phi) is 7.72. The SMILES string of the molecule is CC(=O)c1cccc(NC(=O)CSc2nnc(CCNC(=O)c3ccccc3F)n2C)c1. The molecular formula is C22H22FN5O3S. The summed E-state index contributed by atoms with van der Waals surface area (Å²) in [6, 6.07) is 12.5. The Morgan fingerprint density at radius 1 is 1.09 bits per heavy atom. The van der Waals surface area contributed by atoms with E-state index in [2.05, 4.69) is 20.8 Å². The van der Waals surface area contributed by atoms with Crippen LogP contribution in [0.4, 0.5) is 10.1 Å². The molecule has 0 saturated carbocycles. The molecular weight excluding hydrogens is 433 g/mol. The number of amides is 2. The highest BCUT2D eigenvalue weighted by Crippen LogP contribution is 2.17. The van der Waals surface area contributed by atoms with Crippen LogP contribution in [0, 0.1) is 5.82 Å². The van der Waals surface area contributed by atoms with Crippen LogP contribution in [0.5, 0.6) is 0 Å². The van der Waals surface area contributed by atoms with Crippen molar-refractivity contribution in [3.63, 3.8) is 0 Å². The summed E-state index contributed by atoms with van der Waals surface area (Å²) in [5.41, 5.74) is 1.06. The summed E-state index contributed by atoms with van der Waals surface area (Å²) in [6.45, 7) is 1.73. The monoisotopic (exact) mass is 455 g/mol. The smallest absolute Gasteiger partial charge is 0.254 e. The summed E-state index contributed by atoms with van der Waals surface area (Å²) < 4.78 is 15.4. The molecule has 2 N–H and O–H groups in total. The van der Waals surface area contributed by atoms with Gasteiger partial charge in [0.1, 0.15) is 11.6 Å². The van der Waals surface area contributed by atoms with Crippen LogP contribution in [-0.2, 0) is 18.3 Å². The highest BCUT2D eigenvalue weighted by atomic mass is 32.2. The van der Waals surface area contributed by atoms with E-state index in [1.165, 1.54) is 36.9 Å². The van der Waals surface area contributed by atoms with Gasteiger partial charge < -0.3 is 15.2 Å². The lowest BCUT2D eigenvalue weighted by atomic mass is 10.1. The van der Waals surface area contributed by atoms with Crippen LogP contribution >= 0.6 is 11.8 Å². The average molecular weight is 456 g/mol. The van der Waals surface area contributed by atoms with Crippen LogP contribution in [0.3, 0.4) is 0 Å². The van der Waals surface area contributed by atoms with Crippen LogP contribution in [0.25, 0.3) is 0 Å². The van der Waals surface area contributed by atoms with Crippen molar-refractivity contribution in [1.82, 2.24) is 20.1 Å². The molecule has 0 unspecified atom stereocenters. The van der Waals surface area contributed by atoms with Gasteiger partial charge in [-0.05, 0) is 31.2 Å². The van der Waals surface area contributed by atoms with Crippen molar-refractivity contribution < 1.29 is 18.8 Å². The minimum Gasteiger partial charge on any atom is -0.351 e. The van der Waals surface area contributed by atoms with Crippen molar-refractivity contribution in [1.29, 1.82) is 0 Å². The molecule has 3 aromatic rings. The predicted octanol–water partition coefficient (Wildman–Crippen LogP) is 2.86. The Morgan fingerprint density at radius 3 is 2.62 bits per heavy atom. The molecule has 0 aliphatic rings. The van der Waals surface area contributed by atoms with Gasteiger partial charge in [-0.25, -0.2) is 4.39 Å². The molecule has 0 aliphatic heterocycles. The summed E-state index contributed by atoms with van der Waals surface area (Å²) in [4.78, 5) is 35.8. The van der Waals surface area contributed by atoms with Gasteiger partial charge in [0.25, 0.3) is 5.91 Å². The van der Waals surface area contributed by atoms with Crippen molar-refractivity contribution in [3.05, 3.63) is 71.3 Å². The Labute approximate surface area is 188 Å². The van der Waals surface area contributed by atoms with Gasteiger partial charge in [0.15, 0.2) is 10.9 Å². The number of carbonyl (C=O) groups excluding carboxylic acids is 3. The number of aromatic nitrogens is 3. The van der Waals surface area contributed by atoms with Crippen molar-refractivity contribution in [3.8, 4) is 0 Å². The molecule has 0 saturated heterocycles. The molecule has 8 nitrogen and oxygen atoms in total. The lowest BCUT2D eigenvalue weighted by Gasteiger charge is -2.07. The molecule has 32 heavy (non-hydrogen) atoms. The van der Waals surface area contributed by atoms with Gasteiger partial charge in [-0.1, -0.05) is 36.0 Å². The highest BCUT2D eigenvalue weighted by molar-refractivity contribution is 7.99. The van der Waals surface area contributed by atoms with E-state index in [1.54, 1.807) is 41.9 Å². The standard InChI is InChI=1S/C22H22FN5O3S/c1-14(29)15-6-5-7-16(12-15)25-20(30)13-32-22-27-26-19(28(22)2)10-11-24-21(31)17-8-3-4-9-18(17)23/h3-9,12H,10-11,13H2,1-2H3,(H,24,31)(H,25,30). The van der Waals surface area contributed by atoms with Gasteiger partial charge in [-0.2, -0.15) is 0 Å². The maximum atomic E-state index is 13.7. The second kappa shape index (κ2) is 10.7. The molecule has 0 spiro atoms. The van der Waals surface area contributed by atoms with E-state index in [-0.39, 0.29) is 29.6 Å². The van der Waals surface area contributed by atoms with Crippen molar-refractivity contribution in [2.24, 2.45) is 7.05 Å². The summed E-state index contributed by atoms with van der Waals surface area (Å²) in [5.74, 6) is -0.653. The van der Waals surface area contributed by atoms with Crippen LogP contribution in [-0.4, -0.2) is 44.7 Å². The number of benzene rings is 2. The third-order valence-electron chi connectivity index (χ3n) is 4.56. The van der Waals surface area contributed by atoms with Crippen LogP contribution in [0.2, 0.25) is 0 Å². The number of Topliss-reactive ketones (excluding diaryl/α,β-unsaturated/α-hetero) is 1. The zero-order valence-electron chi connectivity index (χ0n) is 17.6. The summed E-state index contributed by atoms with van der Waals surface area (Å²) in [6.07, 6.45) is 0.397. The topological polar surface area (TPSA) is 106 Å². The molecule has 10 heteroatoms. The maximum Gasteiger partial charge on any atom is 0.254 e. The number of nitrogens with one attached hydrogen (secondary N) is 2. The van der Waals surface area contributed by atoms with Crippen LogP contribution < -0.4 is 10.6 Å². The third-order valence-corrected chi connectivity index (χ3v) is 5.58. The quantitative estimate of drug-likeness (QED) is 0.380. The summed E-state index contributed by atoms with van der Waals surface area (Å²) in [5, 5.41) is 14.1. The second-order valence-electron chi connectivity index (χ2n) is 6.92. The van der Waals surface area contributed by atoms with E-state index in [1.807, 2.05) is 0 Å². The zero-order chi connectivity index (χ0) is 23.1.